The number of fused-ring (bicyclic) bond motifs is 1. The number of hydrogen-bond donors (Lipinski definition) is 2. The second-order valence-electron chi connectivity index (χ2n) is 4.14. The van der Waals surface area contributed by atoms with Crippen molar-refractivity contribution in [2.45, 2.75) is 0 Å². The molecule has 0 aliphatic carbocycles. The zero-order valence-electron chi connectivity index (χ0n) is 10.5. The summed E-state index contributed by atoms with van der Waals surface area (Å²) in [6, 6.07) is 7.35. The Morgan fingerprint density at radius 1 is 1.20 bits per heavy atom. The monoisotopic (exact) mass is 289 g/mol. The van der Waals surface area contributed by atoms with Gasteiger partial charge in [-0.3, -0.25) is 0 Å². The van der Waals surface area contributed by atoms with E-state index in [4.69, 9.17) is 16.7 Å². The molecule has 102 valence electrons. The smallest absolute Gasteiger partial charge is 0.168 e. The molecule has 0 saturated carbocycles. The minimum Gasteiger partial charge on any atom is -0.395 e. The molecule has 0 radical (unpaired) electrons. The van der Waals surface area contributed by atoms with Gasteiger partial charge >= 0.3 is 0 Å². The molecule has 3 aromatic rings. The van der Waals surface area contributed by atoms with Gasteiger partial charge < -0.3 is 10.4 Å². The lowest BCUT2D eigenvalue weighted by molar-refractivity contribution is 0.311. The van der Waals surface area contributed by atoms with Crippen molar-refractivity contribution >= 4 is 28.5 Å². The molecule has 0 bridgehead atoms. The standard InChI is InChI=1S/C13H12ClN5O/c14-9-1-3-10(4-2-9)19-13-11(7-18-19)12(15-5-6-20)16-8-17-13/h1-4,7-8,20H,5-6H2,(H,15,16,17). The van der Waals surface area contributed by atoms with Crippen LogP contribution in [0.15, 0.2) is 36.8 Å². The van der Waals surface area contributed by atoms with Gasteiger partial charge in [0.2, 0.25) is 0 Å². The van der Waals surface area contributed by atoms with Crippen LogP contribution in [0, 0.1) is 0 Å². The summed E-state index contributed by atoms with van der Waals surface area (Å²) in [5.74, 6) is 0.657. The molecule has 2 aromatic heterocycles. The van der Waals surface area contributed by atoms with Gasteiger partial charge in [0.15, 0.2) is 5.65 Å². The van der Waals surface area contributed by atoms with E-state index in [0.29, 0.717) is 23.0 Å². The minimum absolute atomic E-state index is 0.0385. The quantitative estimate of drug-likeness (QED) is 0.767. The summed E-state index contributed by atoms with van der Waals surface area (Å²) >= 11 is 5.88. The lowest BCUT2D eigenvalue weighted by Gasteiger charge is -2.05. The van der Waals surface area contributed by atoms with E-state index >= 15 is 0 Å². The normalized spacial score (nSPS) is 10.9. The molecule has 6 nitrogen and oxygen atoms in total. The Balaban J connectivity index is 2.07. The van der Waals surface area contributed by atoms with Crippen molar-refractivity contribution in [1.29, 1.82) is 0 Å². The van der Waals surface area contributed by atoms with Gasteiger partial charge in [-0.15, -0.1) is 0 Å². The molecule has 0 amide bonds. The van der Waals surface area contributed by atoms with Gasteiger partial charge in [-0.1, -0.05) is 11.6 Å². The number of halogens is 1. The van der Waals surface area contributed by atoms with Crippen LogP contribution in [-0.4, -0.2) is 38.0 Å². The van der Waals surface area contributed by atoms with Crippen LogP contribution < -0.4 is 5.32 Å². The average Bonchev–Trinajstić information content (AvgIpc) is 2.90. The van der Waals surface area contributed by atoms with Crippen LogP contribution in [0.3, 0.4) is 0 Å². The van der Waals surface area contributed by atoms with E-state index in [-0.39, 0.29) is 6.61 Å². The summed E-state index contributed by atoms with van der Waals surface area (Å²) in [5.41, 5.74) is 1.57. The molecule has 0 atom stereocenters. The molecule has 0 unspecified atom stereocenters. The van der Waals surface area contributed by atoms with Crippen molar-refractivity contribution < 1.29 is 5.11 Å². The first-order chi connectivity index (χ1) is 9.79. The van der Waals surface area contributed by atoms with Crippen LogP contribution in [0.1, 0.15) is 0 Å². The Hall–Kier alpha value is -2.18. The highest BCUT2D eigenvalue weighted by atomic mass is 35.5. The zero-order chi connectivity index (χ0) is 13.9. The van der Waals surface area contributed by atoms with Crippen LogP contribution in [0.2, 0.25) is 5.02 Å². The highest BCUT2D eigenvalue weighted by Crippen LogP contribution is 2.22. The number of nitrogens with zero attached hydrogens (tertiary/aromatic N) is 4. The van der Waals surface area contributed by atoms with Gasteiger partial charge in [0, 0.05) is 11.6 Å². The molecule has 20 heavy (non-hydrogen) atoms. The maximum Gasteiger partial charge on any atom is 0.168 e. The largest absolute Gasteiger partial charge is 0.395 e. The third-order valence-corrected chi connectivity index (χ3v) is 3.09. The molecule has 0 fully saturated rings. The molecule has 0 saturated heterocycles. The Kier molecular flexibility index (Phi) is 3.49. The first-order valence-electron chi connectivity index (χ1n) is 6.09. The number of aliphatic hydroxyl groups is 1. The van der Waals surface area contributed by atoms with E-state index in [1.165, 1.54) is 6.33 Å². The first-order valence-corrected chi connectivity index (χ1v) is 6.47. The summed E-state index contributed by atoms with van der Waals surface area (Å²) in [7, 11) is 0. The molecular formula is C13H12ClN5O. The SMILES string of the molecule is OCCNc1ncnc2c1cnn2-c1ccc(Cl)cc1. The Labute approximate surface area is 120 Å². The van der Waals surface area contributed by atoms with Crippen molar-refractivity contribution in [3.8, 4) is 5.69 Å². The van der Waals surface area contributed by atoms with Gasteiger partial charge in [0.05, 0.1) is 23.9 Å². The van der Waals surface area contributed by atoms with Crippen LogP contribution in [0.4, 0.5) is 5.82 Å². The summed E-state index contributed by atoms with van der Waals surface area (Å²) < 4.78 is 1.72. The fourth-order valence-electron chi connectivity index (χ4n) is 1.93. The third kappa shape index (κ3) is 2.31. The molecule has 0 aliphatic rings. The predicted molar refractivity (Wildman–Crippen MR) is 77.2 cm³/mol. The molecule has 0 spiro atoms. The maximum atomic E-state index is 8.87. The van der Waals surface area contributed by atoms with Crippen molar-refractivity contribution in [1.82, 2.24) is 19.7 Å². The van der Waals surface area contributed by atoms with Crippen molar-refractivity contribution in [3.63, 3.8) is 0 Å². The minimum atomic E-state index is 0.0385. The topological polar surface area (TPSA) is 75.9 Å². The second kappa shape index (κ2) is 5.44. The van der Waals surface area contributed by atoms with E-state index in [9.17, 15) is 0 Å². The van der Waals surface area contributed by atoms with Crippen LogP contribution in [-0.2, 0) is 0 Å². The van der Waals surface area contributed by atoms with Gasteiger partial charge in [0.25, 0.3) is 0 Å². The second-order valence-corrected chi connectivity index (χ2v) is 4.58. The van der Waals surface area contributed by atoms with Gasteiger partial charge in [-0.2, -0.15) is 5.10 Å². The number of anilines is 1. The van der Waals surface area contributed by atoms with Gasteiger partial charge in [-0.25, -0.2) is 14.6 Å². The third-order valence-electron chi connectivity index (χ3n) is 2.84. The van der Waals surface area contributed by atoms with E-state index in [2.05, 4.69) is 20.4 Å². The van der Waals surface area contributed by atoms with Crippen molar-refractivity contribution in [2.75, 3.05) is 18.5 Å². The lowest BCUT2D eigenvalue weighted by Crippen LogP contribution is -2.07. The molecule has 2 heterocycles. The van der Waals surface area contributed by atoms with E-state index in [0.717, 1.165) is 11.1 Å². The predicted octanol–water partition coefficient (Wildman–Crippen LogP) is 1.87. The molecule has 7 heteroatoms. The van der Waals surface area contributed by atoms with Gasteiger partial charge in [0.1, 0.15) is 12.1 Å². The lowest BCUT2D eigenvalue weighted by atomic mass is 10.3. The fraction of sp³-hybridized carbons (Fsp3) is 0.154. The number of rotatable bonds is 4. The molecule has 1 aromatic carbocycles. The van der Waals surface area contributed by atoms with E-state index in [1.54, 1.807) is 23.0 Å². The highest BCUT2D eigenvalue weighted by Gasteiger charge is 2.10. The van der Waals surface area contributed by atoms with E-state index in [1.807, 2.05) is 12.1 Å². The summed E-state index contributed by atoms with van der Waals surface area (Å²) in [4.78, 5) is 8.42. The van der Waals surface area contributed by atoms with Crippen molar-refractivity contribution in [2.24, 2.45) is 0 Å². The number of aromatic nitrogens is 4. The number of hydrogen-bond acceptors (Lipinski definition) is 5. The van der Waals surface area contributed by atoms with Gasteiger partial charge in [-0.05, 0) is 24.3 Å². The molecule has 2 N–H and O–H groups in total. The summed E-state index contributed by atoms with van der Waals surface area (Å²) in [6.07, 6.45) is 3.17. The number of benzene rings is 1. The van der Waals surface area contributed by atoms with Crippen LogP contribution in [0.25, 0.3) is 16.7 Å². The Morgan fingerprint density at radius 2 is 2.00 bits per heavy atom. The van der Waals surface area contributed by atoms with Crippen LogP contribution in [0.5, 0.6) is 0 Å². The Morgan fingerprint density at radius 3 is 2.75 bits per heavy atom. The first kappa shape index (κ1) is 12.8. The summed E-state index contributed by atoms with van der Waals surface area (Å²) in [5, 5.41) is 17.7. The maximum absolute atomic E-state index is 8.87. The number of nitrogens with one attached hydrogen (secondary N) is 1. The van der Waals surface area contributed by atoms with Crippen molar-refractivity contribution in [3.05, 3.63) is 41.8 Å². The van der Waals surface area contributed by atoms with E-state index < -0.39 is 0 Å². The average molecular weight is 290 g/mol. The fourth-order valence-corrected chi connectivity index (χ4v) is 2.06. The van der Waals surface area contributed by atoms with Crippen LogP contribution >= 0.6 is 11.6 Å². The zero-order valence-corrected chi connectivity index (χ0v) is 11.2. The molecular weight excluding hydrogens is 278 g/mol. The highest BCUT2D eigenvalue weighted by molar-refractivity contribution is 6.30. The number of aliphatic hydroxyl groups excluding tert-OH is 1. The Bertz CT molecular complexity index is 725. The molecule has 0 aliphatic heterocycles. The summed E-state index contributed by atoms with van der Waals surface area (Å²) in [6.45, 7) is 0.467. The molecule has 3 rings (SSSR count).